The Hall–Kier alpha value is -2.37. The monoisotopic (exact) mass is 325 g/mol. The van der Waals surface area contributed by atoms with Gasteiger partial charge in [-0.3, -0.25) is 9.48 Å². The van der Waals surface area contributed by atoms with Crippen LogP contribution in [0.2, 0.25) is 0 Å². The van der Waals surface area contributed by atoms with E-state index < -0.39 is 0 Å². The molecule has 0 aromatic carbocycles. The van der Waals surface area contributed by atoms with Gasteiger partial charge in [-0.15, -0.1) is 0 Å². The third-order valence-corrected chi connectivity index (χ3v) is 4.78. The quantitative estimate of drug-likeness (QED) is 0.917. The van der Waals surface area contributed by atoms with Crippen LogP contribution in [0.5, 0.6) is 0 Å². The number of piperidine rings is 1. The van der Waals surface area contributed by atoms with Gasteiger partial charge in [-0.05, 0) is 50.3 Å². The highest BCUT2D eigenvalue weighted by atomic mass is 16.2. The van der Waals surface area contributed by atoms with E-state index in [0.717, 1.165) is 38.2 Å². The first-order chi connectivity index (χ1) is 11.8. The zero-order valence-electron chi connectivity index (χ0n) is 13.8. The predicted molar refractivity (Wildman–Crippen MR) is 91.8 cm³/mol. The highest BCUT2D eigenvalue weighted by molar-refractivity contribution is 5.94. The summed E-state index contributed by atoms with van der Waals surface area (Å²) in [4.78, 5) is 19.3. The van der Waals surface area contributed by atoms with Gasteiger partial charge in [-0.25, -0.2) is 4.98 Å². The van der Waals surface area contributed by atoms with Gasteiger partial charge in [-0.2, -0.15) is 5.10 Å². The third kappa shape index (κ3) is 3.42. The number of rotatable bonds is 5. The molecule has 0 radical (unpaired) electrons. The highest BCUT2D eigenvalue weighted by Crippen LogP contribution is 2.24. The molecule has 1 N–H and O–H groups in total. The van der Waals surface area contributed by atoms with Crippen molar-refractivity contribution in [1.29, 1.82) is 0 Å². The number of carbonyl (C=O) groups excluding carboxylic acids is 1. The van der Waals surface area contributed by atoms with Crippen molar-refractivity contribution in [2.75, 3.05) is 11.9 Å². The summed E-state index contributed by atoms with van der Waals surface area (Å²) in [6, 6.07) is 6.50. The molecule has 2 aliphatic rings. The average Bonchev–Trinajstić information content (AvgIpc) is 3.28. The van der Waals surface area contributed by atoms with E-state index in [1.165, 1.54) is 12.8 Å². The van der Waals surface area contributed by atoms with Crippen LogP contribution < -0.4 is 5.32 Å². The molecule has 2 aromatic heterocycles. The molecule has 0 bridgehead atoms. The van der Waals surface area contributed by atoms with Crippen LogP contribution in [0.25, 0.3) is 0 Å². The molecule has 0 spiro atoms. The van der Waals surface area contributed by atoms with Crippen molar-refractivity contribution in [2.24, 2.45) is 0 Å². The second-order valence-corrected chi connectivity index (χ2v) is 6.73. The van der Waals surface area contributed by atoms with Gasteiger partial charge in [-0.1, -0.05) is 0 Å². The van der Waals surface area contributed by atoms with Crippen molar-refractivity contribution in [1.82, 2.24) is 19.7 Å². The summed E-state index contributed by atoms with van der Waals surface area (Å²) in [5.74, 6) is 0.943. The van der Waals surface area contributed by atoms with E-state index in [9.17, 15) is 4.79 Å². The largest absolute Gasteiger partial charge is 0.367 e. The van der Waals surface area contributed by atoms with E-state index >= 15 is 0 Å². The standard InChI is InChI=1S/C18H23N5O/c24-18(14-5-8-17(19-12-14)21-15-6-7-15)23-11-2-1-4-16(23)13-22-10-3-9-20-22/h3,5,8-10,12,15-16H,1-2,4,6-7,11,13H2,(H,19,21)/t16-/m1/s1. The summed E-state index contributed by atoms with van der Waals surface area (Å²) in [5, 5.41) is 7.63. The van der Waals surface area contributed by atoms with Gasteiger partial charge in [0.05, 0.1) is 18.2 Å². The minimum absolute atomic E-state index is 0.0809. The maximum Gasteiger partial charge on any atom is 0.255 e. The number of pyridine rings is 1. The predicted octanol–water partition coefficient (Wildman–Crippen LogP) is 2.55. The Morgan fingerprint density at radius 3 is 2.88 bits per heavy atom. The van der Waals surface area contributed by atoms with Crippen molar-refractivity contribution in [3.63, 3.8) is 0 Å². The fourth-order valence-corrected chi connectivity index (χ4v) is 3.29. The van der Waals surface area contributed by atoms with Gasteiger partial charge in [0.25, 0.3) is 5.91 Å². The van der Waals surface area contributed by atoms with Crippen LogP contribution in [-0.2, 0) is 6.54 Å². The van der Waals surface area contributed by atoms with E-state index in [1.54, 1.807) is 12.4 Å². The molecule has 1 saturated carbocycles. The number of nitrogens with zero attached hydrogens (tertiary/aromatic N) is 4. The smallest absolute Gasteiger partial charge is 0.255 e. The zero-order chi connectivity index (χ0) is 16.4. The number of aromatic nitrogens is 3. The van der Waals surface area contributed by atoms with Crippen molar-refractivity contribution < 1.29 is 4.79 Å². The van der Waals surface area contributed by atoms with Gasteiger partial charge in [0.1, 0.15) is 5.82 Å². The Kier molecular flexibility index (Phi) is 4.19. The molecule has 1 aliphatic heterocycles. The normalized spacial score (nSPS) is 20.8. The van der Waals surface area contributed by atoms with E-state index in [1.807, 2.05) is 34.0 Å². The number of likely N-dealkylation sites (tertiary alicyclic amines) is 1. The number of hydrogen-bond acceptors (Lipinski definition) is 4. The molecule has 24 heavy (non-hydrogen) atoms. The molecule has 2 fully saturated rings. The molecule has 1 amide bonds. The summed E-state index contributed by atoms with van der Waals surface area (Å²) in [5.41, 5.74) is 0.670. The van der Waals surface area contributed by atoms with Crippen LogP contribution in [-0.4, -0.2) is 44.2 Å². The Morgan fingerprint density at radius 2 is 2.17 bits per heavy atom. The van der Waals surface area contributed by atoms with Gasteiger partial charge < -0.3 is 10.2 Å². The highest BCUT2D eigenvalue weighted by Gasteiger charge is 2.28. The first-order valence-electron chi connectivity index (χ1n) is 8.80. The number of carbonyl (C=O) groups is 1. The van der Waals surface area contributed by atoms with Crippen molar-refractivity contribution >= 4 is 11.7 Å². The van der Waals surface area contributed by atoms with E-state index in [4.69, 9.17) is 0 Å². The first-order valence-corrected chi connectivity index (χ1v) is 8.80. The second kappa shape index (κ2) is 6.63. The Labute approximate surface area is 141 Å². The molecule has 1 saturated heterocycles. The van der Waals surface area contributed by atoms with E-state index in [2.05, 4.69) is 15.4 Å². The van der Waals surface area contributed by atoms with Crippen molar-refractivity contribution in [3.8, 4) is 0 Å². The summed E-state index contributed by atoms with van der Waals surface area (Å²) >= 11 is 0. The molecule has 4 rings (SSSR count). The Morgan fingerprint density at radius 1 is 1.25 bits per heavy atom. The molecule has 6 nitrogen and oxygen atoms in total. The number of nitrogens with one attached hydrogen (secondary N) is 1. The zero-order valence-corrected chi connectivity index (χ0v) is 13.8. The van der Waals surface area contributed by atoms with Crippen LogP contribution in [0.4, 0.5) is 5.82 Å². The molecule has 6 heteroatoms. The van der Waals surface area contributed by atoms with Gasteiger partial charge in [0.15, 0.2) is 0 Å². The summed E-state index contributed by atoms with van der Waals surface area (Å²) in [6.45, 7) is 1.57. The molecule has 1 aliphatic carbocycles. The minimum Gasteiger partial charge on any atom is -0.367 e. The maximum absolute atomic E-state index is 12.9. The lowest BCUT2D eigenvalue weighted by Gasteiger charge is -2.35. The van der Waals surface area contributed by atoms with Crippen molar-refractivity contribution in [3.05, 3.63) is 42.4 Å². The van der Waals surface area contributed by atoms with E-state index in [-0.39, 0.29) is 11.9 Å². The lowest BCUT2D eigenvalue weighted by Crippen LogP contribution is -2.46. The SMILES string of the molecule is O=C(c1ccc(NC2CC2)nc1)N1CCCC[C@@H]1Cn1cccn1. The van der Waals surface area contributed by atoms with Gasteiger partial charge >= 0.3 is 0 Å². The lowest BCUT2D eigenvalue weighted by atomic mass is 10.0. The van der Waals surface area contributed by atoms with Crippen LogP contribution in [0.1, 0.15) is 42.5 Å². The van der Waals surface area contributed by atoms with Gasteiger partial charge in [0, 0.05) is 31.2 Å². The Balaban J connectivity index is 1.46. The average molecular weight is 325 g/mol. The van der Waals surface area contributed by atoms with Crippen molar-refractivity contribution in [2.45, 2.75) is 50.7 Å². The maximum atomic E-state index is 12.9. The van der Waals surface area contributed by atoms with E-state index in [0.29, 0.717) is 11.6 Å². The molecule has 2 aromatic rings. The number of amides is 1. The second-order valence-electron chi connectivity index (χ2n) is 6.73. The summed E-state index contributed by atoms with van der Waals surface area (Å²) in [6.07, 6.45) is 11.1. The fraction of sp³-hybridized carbons (Fsp3) is 0.500. The molecule has 3 heterocycles. The first kappa shape index (κ1) is 15.2. The third-order valence-electron chi connectivity index (χ3n) is 4.78. The number of hydrogen-bond donors (Lipinski definition) is 1. The molecule has 1 atom stereocenters. The number of anilines is 1. The fourth-order valence-electron chi connectivity index (χ4n) is 3.29. The van der Waals surface area contributed by atoms with Crippen LogP contribution in [0, 0.1) is 0 Å². The van der Waals surface area contributed by atoms with Gasteiger partial charge in [0.2, 0.25) is 0 Å². The Bertz CT molecular complexity index is 678. The topological polar surface area (TPSA) is 63.1 Å². The molecule has 0 unspecified atom stereocenters. The molecular weight excluding hydrogens is 302 g/mol. The minimum atomic E-state index is 0.0809. The van der Waals surface area contributed by atoms with Crippen LogP contribution >= 0.6 is 0 Å². The lowest BCUT2D eigenvalue weighted by molar-refractivity contribution is 0.0583. The summed E-state index contributed by atoms with van der Waals surface area (Å²) < 4.78 is 1.91. The summed E-state index contributed by atoms with van der Waals surface area (Å²) in [7, 11) is 0. The molecule has 126 valence electrons. The van der Waals surface area contributed by atoms with Crippen LogP contribution in [0.15, 0.2) is 36.8 Å². The van der Waals surface area contributed by atoms with Crippen LogP contribution in [0.3, 0.4) is 0 Å². The molecular formula is C18H23N5O.